The molecule has 0 unspecified atom stereocenters. The van der Waals surface area contributed by atoms with E-state index in [-0.39, 0.29) is 0 Å². The van der Waals surface area contributed by atoms with E-state index in [1.165, 1.54) is 0 Å². The summed E-state index contributed by atoms with van der Waals surface area (Å²) in [6.45, 7) is 3.19. The molecule has 0 aliphatic carbocycles. The van der Waals surface area contributed by atoms with Gasteiger partial charge < -0.3 is 14.1 Å². The molecule has 0 amide bonds. The number of fused-ring (bicyclic) bond motifs is 1. The molecule has 0 N–H and O–H groups in total. The van der Waals surface area contributed by atoms with Crippen molar-refractivity contribution in [1.82, 2.24) is 9.97 Å². The number of rotatable bonds is 1. The van der Waals surface area contributed by atoms with Crippen LogP contribution in [0.4, 0.5) is 5.95 Å². The molecule has 5 heteroatoms. The summed E-state index contributed by atoms with van der Waals surface area (Å²) in [5.74, 6) is 0.757. The first-order valence-electron chi connectivity index (χ1n) is 4.96. The minimum atomic E-state index is 0.729. The quantitative estimate of drug-likeness (QED) is 0.696. The summed E-state index contributed by atoms with van der Waals surface area (Å²) in [5, 5.41) is 0. The number of anilines is 1. The maximum Gasteiger partial charge on any atom is 0.226 e. The van der Waals surface area contributed by atoms with Gasteiger partial charge >= 0.3 is 0 Å². The number of aromatic nitrogens is 2. The maximum atomic E-state index is 5.28. The second-order valence-corrected chi connectivity index (χ2v) is 3.44. The van der Waals surface area contributed by atoms with Gasteiger partial charge in [-0.15, -0.1) is 0 Å². The summed E-state index contributed by atoms with van der Waals surface area (Å²) in [7, 11) is 0. The third-order valence-electron chi connectivity index (χ3n) is 2.49. The van der Waals surface area contributed by atoms with Crippen LogP contribution in [0.5, 0.6) is 0 Å². The van der Waals surface area contributed by atoms with Crippen molar-refractivity contribution in [2.45, 2.75) is 0 Å². The van der Waals surface area contributed by atoms with E-state index in [1.54, 1.807) is 12.5 Å². The Morgan fingerprint density at radius 3 is 3.00 bits per heavy atom. The van der Waals surface area contributed by atoms with E-state index in [0.29, 0.717) is 0 Å². The molecule has 0 saturated carbocycles. The number of ether oxygens (including phenoxy) is 1. The van der Waals surface area contributed by atoms with Gasteiger partial charge in [0.2, 0.25) is 5.95 Å². The highest BCUT2D eigenvalue weighted by atomic mass is 16.5. The van der Waals surface area contributed by atoms with Gasteiger partial charge in [0.15, 0.2) is 5.58 Å². The third-order valence-corrected chi connectivity index (χ3v) is 2.49. The van der Waals surface area contributed by atoms with Crippen molar-refractivity contribution in [3.05, 3.63) is 18.5 Å². The Morgan fingerprint density at radius 2 is 2.13 bits per heavy atom. The van der Waals surface area contributed by atoms with Crippen molar-refractivity contribution >= 4 is 17.0 Å². The van der Waals surface area contributed by atoms with Crippen LogP contribution in [0.2, 0.25) is 0 Å². The average molecular weight is 205 g/mol. The summed E-state index contributed by atoms with van der Waals surface area (Å²) in [6, 6.07) is 1.85. The standard InChI is InChI=1S/C10H11N3O2/c1-4-15-9-7-11-10(12-8(1)9)13-2-5-14-6-3-13/h1,4,7H,2-3,5-6H2. The average Bonchev–Trinajstić information content (AvgIpc) is 2.77. The minimum absolute atomic E-state index is 0.729. The van der Waals surface area contributed by atoms with Gasteiger partial charge in [-0.25, -0.2) is 9.97 Å². The van der Waals surface area contributed by atoms with E-state index in [1.807, 2.05) is 6.07 Å². The highest BCUT2D eigenvalue weighted by Gasteiger charge is 2.14. The monoisotopic (exact) mass is 205 g/mol. The molecule has 5 nitrogen and oxygen atoms in total. The largest absolute Gasteiger partial charge is 0.461 e. The van der Waals surface area contributed by atoms with Crippen LogP contribution in [-0.4, -0.2) is 36.3 Å². The summed E-state index contributed by atoms with van der Waals surface area (Å²) in [4.78, 5) is 10.8. The van der Waals surface area contributed by atoms with Crippen LogP contribution in [-0.2, 0) is 4.74 Å². The number of nitrogens with zero attached hydrogens (tertiary/aromatic N) is 3. The van der Waals surface area contributed by atoms with Gasteiger partial charge in [0.25, 0.3) is 0 Å². The first-order chi connectivity index (χ1) is 7.43. The Morgan fingerprint density at radius 1 is 1.27 bits per heavy atom. The van der Waals surface area contributed by atoms with Gasteiger partial charge in [-0.3, -0.25) is 0 Å². The van der Waals surface area contributed by atoms with Gasteiger partial charge in [0, 0.05) is 19.2 Å². The van der Waals surface area contributed by atoms with Crippen molar-refractivity contribution in [2.24, 2.45) is 0 Å². The zero-order chi connectivity index (χ0) is 10.1. The highest BCUT2D eigenvalue weighted by molar-refractivity contribution is 5.72. The van der Waals surface area contributed by atoms with Crippen LogP contribution >= 0.6 is 0 Å². The van der Waals surface area contributed by atoms with Gasteiger partial charge in [0.1, 0.15) is 5.52 Å². The molecule has 2 aromatic rings. The van der Waals surface area contributed by atoms with Crippen LogP contribution in [0, 0.1) is 0 Å². The van der Waals surface area contributed by atoms with Crippen molar-refractivity contribution in [3.63, 3.8) is 0 Å². The maximum absolute atomic E-state index is 5.28. The summed E-state index contributed by atoms with van der Waals surface area (Å²) < 4.78 is 10.5. The van der Waals surface area contributed by atoms with Gasteiger partial charge in [-0.1, -0.05) is 0 Å². The Hall–Kier alpha value is -1.62. The highest BCUT2D eigenvalue weighted by Crippen LogP contribution is 2.16. The van der Waals surface area contributed by atoms with E-state index >= 15 is 0 Å². The number of furan rings is 1. The molecule has 1 saturated heterocycles. The molecule has 15 heavy (non-hydrogen) atoms. The SMILES string of the molecule is c1cc2nc(N3CCOCC3)ncc2o1. The van der Waals surface area contributed by atoms with Crippen LogP contribution < -0.4 is 4.90 Å². The Bertz CT molecular complexity index is 462. The van der Waals surface area contributed by atoms with E-state index < -0.39 is 0 Å². The molecule has 1 aliphatic rings. The molecule has 0 aromatic carbocycles. The smallest absolute Gasteiger partial charge is 0.226 e. The molecule has 3 rings (SSSR count). The molecule has 78 valence electrons. The van der Waals surface area contributed by atoms with Crippen LogP contribution in [0.1, 0.15) is 0 Å². The lowest BCUT2D eigenvalue weighted by molar-refractivity contribution is 0.122. The van der Waals surface area contributed by atoms with E-state index in [2.05, 4.69) is 14.9 Å². The molecule has 0 atom stereocenters. The molecule has 1 fully saturated rings. The topological polar surface area (TPSA) is 51.4 Å². The predicted molar refractivity (Wildman–Crippen MR) is 54.8 cm³/mol. The summed E-state index contributed by atoms with van der Waals surface area (Å²) >= 11 is 0. The Kier molecular flexibility index (Phi) is 2.03. The summed E-state index contributed by atoms with van der Waals surface area (Å²) in [6.07, 6.45) is 3.34. The van der Waals surface area contributed by atoms with Gasteiger partial charge in [0.05, 0.1) is 25.7 Å². The minimum Gasteiger partial charge on any atom is -0.461 e. The van der Waals surface area contributed by atoms with Crippen molar-refractivity contribution in [1.29, 1.82) is 0 Å². The zero-order valence-corrected chi connectivity index (χ0v) is 8.22. The van der Waals surface area contributed by atoms with Crippen LogP contribution in [0.3, 0.4) is 0 Å². The van der Waals surface area contributed by atoms with Gasteiger partial charge in [-0.2, -0.15) is 0 Å². The van der Waals surface area contributed by atoms with E-state index in [4.69, 9.17) is 9.15 Å². The molecular formula is C10H11N3O2. The first-order valence-corrected chi connectivity index (χ1v) is 4.96. The second kappa shape index (κ2) is 3.51. The number of morpholine rings is 1. The van der Waals surface area contributed by atoms with E-state index in [9.17, 15) is 0 Å². The Labute approximate surface area is 86.7 Å². The first kappa shape index (κ1) is 8.67. The third kappa shape index (κ3) is 1.55. The second-order valence-electron chi connectivity index (χ2n) is 3.44. The predicted octanol–water partition coefficient (Wildman–Crippen LogP) is 1.06. The number of hydrogen-bond donors (Lipinski definition) is 0. The Balaban J connectivity index is 1.95. The molecule has 2 aromatic heterocycles. The zero-order valence-electron chi connectivity index (χ0n) is 8.22. The molecule has 0 radical (unpaired) electrons. The fourth-order valence-electron chi connectivity index (χ4n) is 1.67. The molecular weight excluding hydrogens is 194 g/mol. The lowest BCUT2D eigenvalue weighted by atomic mass is 10.4. The van der Waals surface area contributed by atoms with Crippen molar-refractivity contribution in [3.8, 4) is 0 Å². The summed E-state index contributed by atoms with van der Waals surface area (Å²) in [5.41, 5.74) is 1.58. The normalized spacial score (nSPS) is 17.2. The van der Waals surface area contributed by atoms with Crippen molar-refractivity contribution < 1.29 is 9.15 Å². The van der Waals surface area contributed by atoms with Crippen molar-refractivity contribution in [2.75, 3.05) is 31.2 Å². The lowest BCUT2D eigenvalue weighted by Crippen LogP contribution is -2.37. The van der Waals surface area contributed by atoms with Gasteiger partial charge in [-0.05, 0) is 0 Å². The molecule has 3 heterocycles. The number of hydrogen-bond acceptors (Lipinski definition) is 5. The van der Waals surface area contributed by atoms with Crippen LogP contribution in [0.25, 0.3) is 11.1 Å². The fraction of sp³-hybridized carbons (Fsp3) is 0.400. The molecule has 0 bridgehead atoms. The van der Waals surface area contributed by atoms with E-state index in [0.717, 1.165) is 43.4 Å². The molecule has 1 aliphatic heterocycles. The fourth-order valence-corrected chi connectivity index (χ4v) is 1.67. The molecule has 0 spiro atoms. The van der Waals surface area contributed by atoms with Crippen LogP contribution in [0.15, 0.2) is 22.9 Å². The lowest BCUT2D eigenvalue weighted by Gasteiger charge is -2.26.